The van der Waals surface area contributed by atoms with Gasteiger partial charge in [0, 0.05) is 29.3 Å². The molecule has 3 N–H and O–H groups in total. The first-order valence-corrected chi connectivity index (χ1v) is 9.89. The topological polar surface area (TPSA) is 72.3 Å². The molecule has 6 heteroatoms. The molecule has 1 saturated heterocycles. The Morgan fingerprint density at radius 3 is 2.61 bits per heavy atom. The van der Waals surface area contributed by atoms with E-state index in [4.69, 9.17) is 4.42 Å². The molecule has 1 aliphatic heterocycles. The first-order chi connectivity index (χ1) is 13.6. The number of aromatic hydroxyl groups is 1. The number of nitrogens with zero attached hydrogens (tertiary/aromatic N) is 1. The maximum atomic E-state index is 12.0. The summed E-state index contributed by atoms with van der Waals surface area (Å²) >= 11 is 0. The SMILES string of the molecule is CCc1cc2c(C)cc(=O)oc2c(C[NH+]2CCN(c3cc[nH+]cc3)CC2)c1O. The number of piperazine rings is 1. The molecule has 2 aromatic heterocycles. The molecule has 0 radical (unpaired) electrons. The highest BCUT2D eigenvalue weighted by atomic mass is 16.4. The van der Waals surface area contributed by atoms with Crippen molar-refractivity contribution in [2.75, 3.05) is 31.1 Å². The molecule has 0 spiro atoms. The number of phenols is 1. The van der Waals surface area contributed by atoms with Gasteiger partial charge in [-0.1, -0.05) is 6.92 Å². The zero-order chi connectivity index (χ0) is 19.7. The molecule has 0 atom stereocenters. The molecule has 1 aromatic carbocycles. The van der Waals surface area contributed by atoms with Gasteiger partial charge in [-0.05, 0) is 30.5 Å². The molecule has 0 unspecified atom stereocenters. The third kappa shape index (κ3) is 3.47. The van der Waals surface area contributed by atoms with Gasteiger partial charge in [0.15, 0.2) is 18.0 Å². The second-order valence-electron chi connectivity index (χ2n) is 7.51. The fraction of sp³-hybridized carbons (Fsp3) is 0.364. The van der Waals surface area contributed by atoms with Crippen LogP contribution in [0.25, 0.3) is 11.0 Å². The summed E-state index contributed by atoms with van der Waals surface area (Å²) in [6.45, 7) is 8.43. The predicted octanol–water partition coefficient (Wildman–Crippen LogP) is 1.09. The molecular formula is C22H27N3O3+2. The number of nitrogens with one attached hydrogen (secondary N) is 2. The number of aromatic amines is 1. The van der Waals surface area contributed by atoms with Crippen LogP contribution in [0.2, 0.25) is 0 Å². The fourth-order valence-corrected chi connectivity index (χ4v) is 4.10. The minimum absolute atomic E-state index is 0.275. The van der Waals surface area contributed by atoms with E-state index in [1.54, 1.807) is 0 Å². The van der Waals surface area contributed by atoms with Crippen molar-refractivity contribution in [2.24, 2.45) is 0 Å². The second-order valence-corrected chi connectivity index (χ2v) is 7.51. The molecule has 4 rings (SSSR count). The maximum absolute atomic E-state index is 12.0. The highest BCUT2D eigenvalue weighted by Gasteiger charge is 2.25. The number of hydrogen-bond acceptors (Lipinski definition) is 4. The van der Waals surface area contributed by atoms with Gasteiger partial charge in [0.05, 0.1) is 31.7 Å². The summed E-state index contributed by atoms with van der Waals surface area (Å²) in [5, 5.41) is 11.8. The van der Waals surface area contributed by atoms with Gasteiger partial charge < -0.3 is 19.3 Å². The van der Waals surface area contributed by atoms with Gasteiger partial charge in [-0.15, -0.1) is 0 Å². The summed E-state index contributed by atoms with van der Waals surface area (Å²) < 4.78 is 5.54. The van der Waals surface area contributed by atoms with E-state index in [0.717, 1.165) is 54.7 Å². The van der Waals surface area contributed by atoms with Crippen LogP contribution in [0.4, 0.5) is 5.69 Å². The molecule has 1 fully saturated rings. The molecule has 0 saturated carbocycles. The molecule has 3 heterocycles. The van der Waals surface area contributed by atoms with Crippen LogP contribution in [0.15, 0.2) is 45.9 Å². The van der Waals surface area contributed by atoms with Crippen LogP contribution in [0, 0.1) is 6.92 Å². The van der Waals surface area contributed by atoms with Gasteiger partial charge >= 0.3 is 5.63 Å². The first-order valence-electron chi connectivity index (χ1n) is 9.89. The van der Waals surface area contributed by atoms with Crippen molar-refractivity contribution in [3.63, 3.8) is 0 Å². The van der Waals surface area contributed by atoms with Crippen molar-refractivity contribution in [2.45, 2.75) is 26.8 Å². The number of anilines is 1. The lowest BCUT2D eigenvalue weighted by molar-refractivity contribution is -0.914. The van der Waals surface area contributed by atoms with Gasteiger partial charge in [-0.2, -0.15) is 0 Å². The number of pyridine rings is 1. The number of phenolic OH excluding ortho intramolecular Hbond substituents is 1. The van der Waals surface area contributed by atoms with Crippen molar-refractivity contribution in [3.05, 3.63) is 63.8 Å². The normalized spacial score (nSPS) is 15.3. The standard InChI is InChI=1S/C22H25N3O3/c1-3-16-13-18-15(2)12-20(26)28-22(18)19(21(16)27)14-24-8-10-25(11-9-24)17-4-6-23-7-5-17/h4-7,12-13,27H,3,8-11,14H2,1-2H3/p+2. The minimum atomic E-state index is -0.365. The van der Waals surface area contributed by atoms with Crippen LogP contribution >= 0.6 is 0 Å². The number of benzene rings is 1. The summed E-state index contributed by atoms with van der Waals surface area (Å²) in [5.41, 5.74) is 3.94. The maximum Gasteiger partial charge on any atom is 0.336 e. The van der Waals surface area contributed by atoms with Crippen LogP contribution in [0.5, 0.6) is 5.75 Å². The highest BCUT2D eigenvalue weighted by molar-refractivity contribution is 5.86. The third-order valence-corrected chi connectivity index (χ3v) is 5.73. The van der Waals surface area contributed by atoms with E-state index in [-0.39, 0.29) is 11.4 Å². The monoisotopic (exact) mass is 381 g/mol. The molecule has 3 aromatic rings. The Morgan fingerprint density at radius 2 is 1.93 bits per heavy atom. The molecule has 28 heavy (non-hydrogen) atoms. The lowest BCUT2D eigenvalue weighted by Gasteiger charge is -2.33. The number of aromatic nitrogens is 1. The number of hydrogen-bond donors (Lipinski definition) is 2. The second kappa shape index (κ2) is 7.64. The van der Waals surface area contributed by atoms with Gasteiger partial charge in [-0.25, -0.2) is 9.78 Å². The van der Waals surface area contributed by atoms with E-state index in [2.05, 4.69) is 22.0 Å². The van der Waals surface area contributed by atoms with Crippen molar-refractivity contribution >= 4 is 16.7 Å². The first kappa shape index (κ1) is 18.5. The molecule has 6 nitrogen and oxygen atoms in total. The molecule has 146 valence electrons. The van der Waals surface area contributed by atoms with Gasteiger partial charge in [0.1, 0.15) is 12.3 Å². The Kier molecular flexibility index (Phi) is 5.05. The average Bonchev–Trinajstić information content (AvgIpc) is 2.71. The number of rotatable bonds is 4. The summed E-state index contributed by atoms with van der Waals surface area (Å²) in [7, 11) is 0. The zero-order valence-electron chi connectivity index (χ0n) is 16.4. The minimum Gasteiger partial charge on any atom is -0.507 e. The highest BCUT2D eigenvalue weighted by Crippen LogP contribution is 2.32. The van der Waals surface area contributed by atoms with Crippen LogP contribution in [0.3, 0.4) is 0 Å². The predicted molar refractivity (Wildman–Crippen MR) is 108 cm³/mol. The number of quaternary nitrogens is 1. The Hall–Kier alpha value is -2.86. The molecular weight excluding hydrogens is 354 g/mol. The lowest BCUT2D eigenvalue weighted by Crippen LogP contribution is -3.13. The van der Waals surface area contributed by atoms with E-state index in [1.165, 1.54) is 16.7 Å². The van der Waals surface area contributed by atoms with E-state index in [0.29, 0.717) is 12.1 Å². The average molecular weight is 381 g/mol. The number of aryl methyl sites for hydroxylation is 2. The van der Waals surface area contributed by atoms with E-state index < -0.39 is 0 Å². The summed E-state index contributed by atoms with van der Waals surface area (Å²) in [6, 6.07) is 7.65. The number of H-pyrrole nitrogens is 1. The van der Waals surface area contributed by atoms with E-state index in [9.17, 15) is 9.90 Å². The van der Waals surface area contributed by atoms with Crippen molar-refractivity contribution in [1.29, 1.82) is 0 Å². The van der Waals surface area contributed by atoms with Crippen LogP contribution in [0.1, 0.15) is 23.6 Å². The van der Waals surface area contributed by atoms with Crippen molar-refractivity contribution in [1.82, 2.24) is 0 Å². The van der Waals surface area contributed by atoms with E-state index in [1.807, 2.05) is 32.3 Å². The quantitative estimate of drug-likeness (QED) is 0.664. The smallest absolute Gasteiger partial charge is 0.336 e. The summed E-state index contributed by atoms with van der Waals surface area (Å²) in [5.74, 6) is 0.275. The van der Waals surface area contributed by atoms with Crippen LogP contribution in [-0.2, 0) is 13.0 Å². The van der Waals surface area contributed by atoms with Crippen LogP contribution in [-0.4, -0.2) is 31.3 Å². The molecule has 0 aliphatic carbocycles. The Labute approximate surface area is 164 Å². The van der Waals surface area contributed by atoms with Gasteiger partial charge in [-0.3, -0.25) is 0 Å². The Bertz CT molecular complexity index is 1040. The van der Waals surface area contributed by atoms with Gasteiger partial charge in [0.25, 0.3) is 0 Å². The van der Waals surface area contributed by atoms with Crippen molar-refractivity contribution in [3.8, 4) is 5.75 Å². The summed E-state index contributed by atoms with van der Waals surface area (Å²) in [4.78, 5) is 18.8. The third-order valence-electron chi connectivity index (χ3n) is 5.73. The molecule has 1 aliphatic rings. The Morgan fingerprint density at radius 1 is 1.21 bits per heavy atom. The molecule has 0 amide bonds. The van der Waals surface area contributed by atoms with Crippen molar-refractivity contribution < 1.29 is 19.4 Å². The number of fused-ring (bicyclic) bond motifs is 1. The van der Waals surface area contributed by atoms with E-state index >= 15 is 0 Å². The fourth-order valence-electron chi connectivity index (χ4n) is 4.10. The lowest BCUT2D eigenvalue weighted by atomic mass is 9.99. The Balaban J connectivity index is 1.61. The van der Waals surface area contributed by atoms with Crippen LogP contribution < -0.4 is 20.4 Å². The zero-order valence-corrected chi connectivity index (χ0v) is 16.4. The molecule has 0 bridgehead atoms. The summed E-state index contributed by atoms with van der Waals surface area (Å²) in [6.07, 6.45) is 4.63. The largest absolute Gasteiger partial charge is 0.507 e. The van der Waals surface area contributed by atoms with Gasteiger partial charge in [0.2, 0.25) is 0 Å².